The predicted molar refractivity (Wildman–Crippen MR) is 80.0 cm³/mol. The molecule has 0 spiro atoms. The van der Waals surface area contributed by atoms with Crippen LogP contribution in [0.25, 0.3) is 6.08 Å². The van der Waals surface area contributed by atoms with E-state index >= 15 is 0 Å². The zero-order valence-electron chi connectivity index (χ0n) is 12.3. The van der Waals surface area contributed by atoms with Crippen molar-refractivity contribution in [2.45, 2.75) is 33.1 Å². The quantitative estimate of drug-likeness (QED) is 0.628. The number of carbonyl (C=O) groups excluding carboxylic acids is 1. The van der Waals surface area contributed by atoms with Gasteiger partial charge in [-0.1, -0.05) is 44.2 Å². The van der Waals surface area contributed by atoms with Crippen LogP contribution in [0.2, 0.25) is 0 Å². The van der Waals surface area contributed by atoms with Crippen molar-refractivity contribution in [1.29, 1.82) is 0 Å². The molecule has 2 fully saturated rings. The number of nitrogens with zero attached hydrogens (tertiary/aromatic N) is 1. The molecule has 1 aromatic carbocycles. The molecular formula is C17H19NO3. The van der Waals surface area contributed by atoms with E-state index in [2.05, 4.69) is 0 Å². The Morgan fingerprint density at radius 2 is 2.00 bits per heavy atom. The number of benzene rings is 1. The van der Waals surface area contributed by atoms with Crippen LogP contribution < -0.4 is 0 Å². The van der Waals surface area contributed by atoms with Crippen LogP contribution in [0.3, 0.4) is 0 Å². The first-order chi connectivity index (χ1) is 9.89. The van der Waals surface area contributed by atoms with E-state index in [0.717, 1.165) is 12.0 Å². The first-order valence-corrected chi connectivity index (χ1v) is 7.34. The number of hydrogen-bond donors (Lipinski definition) is 0. The second-order valence-corrected chi connectivity index (χ2v) is 6.69. The fourth-order valence-corrected chi connectivity index (χ4v) is 4.32. The van der Waals surface area contributed by atoms with E-state index in [4.69, 9.17) is 0 Å². The summed E-state index contributed by atoms with van der Waals surface area (Å²) in [5.41, 5.74) is -0.407. The number of hydrogen-bond acceptors (Lipinski definition) is 3. The van der Waals surface area contributed by atoms with Crippen molar-refractivity contribution in [3.05, 3.63) is 51.7 Å². The first-order valence-electron chi connectivity index (χ1n) is 7.34. The Labute approximate surface area is 124 Å². The van der Waals surface area contributed by atoms with Gasteiger partial charge in [0.2, 0.25) is 0 Å². The van der Waals surface area contributed by atoms with Crippen molar-refractivity contribution < 1.29 is 9.72 Å². The highest BCUT2D eigenvalue weighted by Crippen LogP contribution is 2.67. The minimum atomic E-state index is -0.920. The zero-order chi connectivity index (χ0) is 15.3. The van der Waals surface area contributed by atoms with Gasteiger partial charge in [-0.2, -0.15) is 0 Å². The normalized spacial score (nSPS) is 30.7. The van der Waals surface area contributed by atoms with Gasteiger partial charge in [-0.05, 0) is 29.7 Å². The maximum atomic E-state index is 12.6. The Morgan fingerprint density at radius 1 is 1.33 bits per heavy atom. The molecule has 3 rings (SSSR count). The summed E-state index contributed by atoms with van der Waals surface area (Å²) < 4.78 is 0. The minimum Gasteiger partial charge on any atom is -0.298 e. The third-order valence-corrected chi connectivity index (χ3v) is 5.63. The van der Waals surface area contributed by atoms with Crippen LogP contribution in [0.5, 0.6) is 0 Å². The maximum Gasteiger partial charge on any atom is 0.260 e. The smallest absolute Gasteiger partial charge is 0.260 e. The highest BCUT2D eigenvalue weighted by atomic mass is 16.6. The van der Waals surface area contributed by atoms with Gasteiger partial charge in [0.25, 0.3) is 5.70 Å². The minimum absolute atomic E-state index is 0.0441. The highest BCUT2D eigenvalue weighted by Gasteiger charge is 2.69. The molecule has 2 bridgehead atoms. The van der Waals surface area contributed by atoms with E-state index in [1.807, 2.05) is 44.2 Å². The third kappa shape index (κ3) is 1.78. The Bertz CT molecular complexity index is 633. The monoisotopic (exact) mass is 285 g/mol. The number of fused-ring (bicyclic) bond motifs is 2. The van der Waals surface area contributed by atoms with Crippen LogP contribution >= 0.6 is 0 Å². The summed E-state index contributed by atoms with van der Waals surface area (Å²) >= 11 is 0. The Hall–Kier alpha value is -1.97. The molecule has 110 valence electrons. The fraction of sp³-hybridized carbons (Fsp3) is 0.471. The second kappa shape index (κ2) is 4.52. The Balaban J connectivity index is 2.16. The molecule has 2 aliphatic carbocycles. The molecule has 0 aliphatic heterocycles. The van der Waals surface area contributed by atoms with Crippen molar-refractivity contribution in [3.63, 3.8) is 0 Å². The number of Topliss-reactive ketones (excluding diaryl/α,β-unsaturated/α-hetero) is 1. The lowest BCUT2D eigenvalue weighted by molar-refractivity contribution is -0.439. The summed E-state index contributed by atoms with van der Waals surface area (Å²) in [5.74, 6) is 0.312. The molecule has 2 aliphatic rings. The molecule has 4 nitrogen and oxygen atoms in total. The van der Waals surface area contributed by atoms with Gasteiger partial charge in [-0.15, -0.1) is 0 Å². The Morgan fingerprint density at radius 3 is 2.48 bits per heavy atom. The molecule has 2 atom stereocenters. The predicted octanol–water partition coefficient (Wildman–Crippen LogP) is 3.70. The van der Waals surface area contributed by atoms with Crippen LogP contribution in [0.1, 0.15) is 38.7 Å². The van der Waals surface area contributed by atoms with Gasteiger partial charge in [0.05, 0.1) is 4.92 Å². The van der Waals surface area contributed by atoms with E-state index in [1.54, 1.807) is 6.08 Å². The molecule has 0 saturated heterocycles. The van der Waals surface area contributed by atoms with Crippen LogP contribution in [0.4, 0.5) is 0 Å². The molecule has 0 aromatic heterocycles. The topological polar surface area (TPSA) is 60.2 Å². The summed E-state index contributed by atoms with van der Waals surface area (Å²) in [6.07, 6.45) is 3.57. The number of allylic oxidation sites excluding steroid dienone is 1. The van der Waals surface area contributed by atoms with E-state index in [1.165, 1.54) is 0 Å². The number of carbonyl (C=O) groups is 1. The summed E-state index contributed by atoms with van der Waals surface area (Å²) in [4.78, 5) is 23.9. The zero-order valence-corrected chi connectivity index (χ0v) is 12.3. The van der Waals surface area contributed by atoms with Gasteiger partial charge in [-0.25, -0.2) is 0 Å². The maximum absolute atomic E-state index is 12.6. The van der Waals surface area contributed by atoms with E-state index in [-0.39, 0.29) is 27.7 Å². The van der Waals surface area contributed by atoms with E-state index in [9.17, 15) is 14.9 Å². The van der Waals surface area contributed by atoms with Crippen molar-refractivity contribution >= 4 is 11.9 Å². The van der Waals surface area contributed by atoms with Gasteiger partial charge >= 0.3 is 0 Å². The third-order valence-electron chi connectivity index (χ3n) is 5.63. The lowest BCUT2D eigenvalue weighted by Crippen LogP contribution is -2.40. The van der Waals surface area contributed by atoms with Crippen LogP contribution in [0.15, 0.2) is 36.0 Å². The molecule has 0 amide bonds. The van der Waals surface area contributed by atoms with Crippen LogP contribution in [-0.4, -0.2) is 10.7 Å². The first kappa shape index (κ1) is 14.0. The van der Waals surface area contributed by atoms with Gasteiger partial charge in [0.1, 0.15) is 5.41 Å². The SMILES string of the molecule is CC1(C)C2CCC1(C(=Cc1ccccc1)[N+](=O)[O-])C(=O)C2. The van der Waals surface area contributed by atoms with Gasteiger partial charge < -0.3 is 0 Å². The van der Waals surface area contributed by atoms with E-state index < -0.39 is 5.41 Å². The number of nitro groups is 1. The van der Waals surface area contributed by atoms with Gasteiger partial charge in [0.15, 0.2) is 5.78 Å². The number of rotatable bonds is 3. The van der Waals surface area contributed by atoms with Crippen molar-refractivity contribution in [2.75, 3.05) is 0 Å². The lowest BCUT2D eigenvalue weighted by atomic mass is 9.66. The van der Waals surface area contributed by atoms with Crippen LogP contribution in [0, 0.1) is 26.9 Å². The van der Waals surface area contributed by atoms with Crippen LogP contribution in [-0.2, 0) is 4.79 Å². The molecule has 2 saturated carbocycles. The van der Waals surface area contributed by atoms with Gasteiger partial charge in [0, 0.05) is 12.5 Å². The lowest BCUT2D eigenvalue weighted by Gasteiger charge is -2.33. The van der Waals surface area contributed by atoms with Crippen molar-refractivity contribution in [1.82, 2.24) is 0 Å². The average Bonchev–Trinajstić information content (AvgIpc) is 2.80. The molecule has 1 aromatic rings. The average molecular weight is 285 g/mol. The summed E-state index contributed by atoms with van der Waals surface area (Å²) in [5, 5.41) is 11.7. The molecule has 0 radical (unpaired) electrons. The Kier molecular flexibility index (Phi) is 3.01. The van der Waals surface area contributed by atoms with Crippen molar-refractivity contribution in [2.24, 2.45) is 16.7 Å². The largest absolute Gasteiger partial charge is 0.298 e. The fourth-order valence-electron chi connectivity index (χ4n) is 4.32. The molecule has 0 heterocycles. The second-order valence-electron chi connectivity index (χ2n) is 6.69. The van der Waals surface area contributed by atoms with Crippen molar-refractivity contribution in [3.8, 4) is 0 Å². The molecule has 0 N–H and O–H groups in total. The summed E-state index contributed by atoms with van der Waals surface area (Å²) in [6.45, 7) is 4.02. The molecule has 21 heavy (non-hydrogen) atoms. The highest BCUT2D eigenvalue weighted by molar-refractivity contribution is 5.93. The molecular weight excluding hydrogens is 266 g/mol. The molecule has 2 unspecified atom stereocenters. The number of ketones is 1. The summed E-state index contributed by atoms with van der Waals surface area (Å²) in [6, 6.07) is 9.23. The molecule has 4 heteroatoms. The van der Waals surface area contributed by atoms with Gasteiger partial charge in [-0.3, -0.25) is 14.9 Å². The summed E-state index contributed by atoms with van der Waals surface area (Å²) in [7, 11) is 0. The standard InChI is InChI=1S/C17H19NO3/c1-16(2)13-8-9-17(16,15(19)11-13)14(18(20)21)10-12-6-4-3-5-7-12/h3-7,10,13H,8-9,11H2,1-2H3. The van der Waals surface area contributed by atoms with E-state index in [0.29, 0.717) is 12.8 Å².